The largest absolute Gasteiger partial charge is 0.457 e. The van der Waals surface area contributed by atoms with E-state index in [4.69, 9.17) is 0 Å². The number of esters is 1. The third-order valence-electron chi connectivity index (χ3n) is 1.40. The Morgan fingerprint density at radius 1 is 1.31 bits per heavy atom. The summed E-state index contributed by atoms with van der Waals surface area (Å²) in [5.74, 6) is -1.66. The van der Waals surface area contributed by atoms with Gasteiger partial charge in [0.25, 0.3) is 0 Å². The van der Waals surface area contributed by atoms with Gasteiger partial charge < -0.3 is 9.03 Å². The van der Waals surface area contributed by atoms with E-state index in [2.05, 4.69) is 34.7 Å². The molecule has 0 amide bonds. The summed E-state index contributed by atoms with van der Waals surface area (Å²) < 4.78 is 8.20. The van der Waals surface area contributed by atoms with Gasteiger partial charge in [0.05, 0.1) is 6.61 Å². The molecule has 4 nitrogen and oxygen atoms in total. The van der Waals surface area contributed by atoms with Crippen LogP contribution in [0.2, 0.25) is 0 Å². The Bertz CT molecular complexity index is 179. The lowest BCUT2D eigenvalue weighted by atomic mass is 10.1. The second-order valence-electron chi connectivity index (χ2n) is 3.04. The van der Waals surface area contributed by atoms with Crippen LogP contribution in [0, 0.1) is 5.92 Å². The normalized spacial score (nSPS) is 9.85. The molecule has 0 unspecified atom stereocenters. The minimum absolute atomic E-state index is 0.225. The van der Waals surface area contributed by atoms with Gasteiger partial charge in [0, 0.05) is 0 Å². The topological polar surface area (TPSA) is 52.6 Å². The zero-order chi connectivity index (χ0) is 10.3. The van der Waals surface area contributed by atoms with Gasteiger partial charge >= 0.3 is 11.9 Å². The van der Waals surface area contributed by atoms with Crippen molar-refractivity contribution in [2.45, 2.75) is 26.7 Å². The first-order valence-electron chi connectivity index (χ1n) is 4.07. The molecule has 0 aliphatic carbocycles. The van der Waals surface area contributed by atoms with Crippen molar-refractivity contribution in [1.82, 2.24) is 0 Å². The Morgan fingerprint density at radius 3 is 2.38 bits per heavy atom. The number of hydrogen-bond donors (Lipinski definition) is 0. The maximum atomic E-state index is 10.6. The lowest BCUT2D eigenvalue weighted by Gasteiger charge is -2.04. The van der Waals surface area contributed by atoms with Crippen LogP contribution in [0.1, 0.15) is 26.7 Å². The molecule has 0 saturated heterocycles. The Hall–Kier alpha value is -0.770. The van der Waals surface area contributed by atoms with Crippen molar-refractivity contribution < 1.29 is 18.6 Å². The van der Waals surface area contributed by atoms with Crippen LogP contribution in [-0.4, -0.2) is 18.5 Å². The second kappa shape index (κ2) is 6.71. The molecule has 13 heavy (non-hydrogen) atoms. The fraction of sp³-hybridized carbons (Fsp3) is 0.750. The summed E-state index contributed by atoms with van der Waals surface area (Å²) in [6.45, 7) is 4.35. The molecule has 0 spiro atoms. The molecule has 0 atom stereocenters. The van der Waals surface area contributed by atoms with Crippen molar-refractivity contribution in [3.05, 3.63) is 0 Å². The Labute approximate surface area is 82.3 Å². The van der Waals surface area contributed by atoms with Crippen LogP contribution in [-0.2, 0) is 18.6 Å². The van der Waals surface area contributed by atoms with E-state index in [9.17, 15) is 9.59 Å². The molecule has 0 aromatic rings. The minimum atomic E-state index is -1.17. The molecule has 0 bridgehead atoms. The quantitative estimate of drug-likeness (QED) is 0.401. The van der Waals surface area contributed by atoms with Gasteiger partial charge in [0.15, 0.2) is 0 Å². The highest BCUT2D eigenvalue weighted by Gasteiger charge is 2.16. The van der Waals surface area contributed by atoms with E-state index in [-0.39, 0.29) is 6.61 Å². The highest BCUT2D eigenvalue weighted by Crippen LogP contribution is 2.03. The second-order valence-corrected chi connectivity index (χ2v) is 3.19. The van der Waals surface area contributed by atoms with E-state index in [0.717, 1.165) is 12.8 Å². The summed E-state index contributed by atoms with van der Waals surface area (Å²) in [6, 6.07) is 0. The highest BCUT2D eigenvalue weighted by atomic mass is 35.5. The van der Waals surface area contributed by atoms with Crippen molar-refractivity contribution >= 4 is 23.8 Å². The molecule has 0 rings (SSSR count). The van der Waals surface area contributed by atoms with Crippen LogP contribution in [0.3, 0.4) is 0 Å². The highest BCUT2D eigenvalue weighted by molar-refractivity contribution is 6.35. The van der Waals surface area contributed by atoms with Crippen LogP contribution in [0.25, 0.3) is 0 Å². The molecular weight excluding hydrogens is 196 g/mol. The van der Waals surface area contributed by atoms with Gasteiger partial charge in [-0.1, -0.05) is 13.8 Å². The van der Waals surface area contributed by atoms with Crippen LogP contribution in [0.5, 0.6) is 0 Å². The molecule has 0 saturated carbocycles. The van der Waals surface area contributed by atoms with Gasteiger partial charge in [-0.2, -0.15) is 0 Å². The molecular formula is C8H13ClO4. The van der Waals surface area contributed by atoms with E-state index < -0.39 is 11.9 Å². The monoisotopic (exact) mass is 208 g/mol. The molecule has 5 heteroatoms. The van der Waals surface area contributed by atoms with Gasteiger partial charge in [-0.05, 0) is 18.8 Å². The van der Waals surface area contributed by atoms with Crippen LogP contribution >= 0.6 is 11.9 Å². The minimum Gasteiger partial charge on any atom is -0.457 e. The summed E-state index contributed by atoms with van der Waals surface area (Å²) in [4.78, 5) is 21.0. The van der Waals surface area contributed by atoms with E-state index in [1.807, 2.05) is 0 Å². The third kappa shape index (κ3) is 6.40. The van der Waals surface area contributed by atoms with Crippen molar-refractivity contribution in [1.29, 1.82) is 0 Å². The number of rotatable bonds is 4. The van der Waals surface area contributed by atoms with Crippen molar-refractivity contribution in [2.75, 3.05) is 6.61 Å². The molecule has 0 aliphatic heterocycles. The summed E-state index contributed by atoms with van der Waals surface area (Å²) in [5, 5.41) is 0. The van der Waals surface area contributed by atoms with Crippen LogP contribution in [0.4, 0.5) is 0 Å². The zero-order valence-electron chi connectivity index (χ0n) is 7.71. The lowest BCUT2D eigenvalue weighted by molar-refractivity contribution is -0.162. The summed E-state index contributed by atoms with van der Waals surface area (Å²) in [5.41, 5.74) is 0. The fourth-order valence-corrected chi connectivity index (χ4v) is 0.810. The van der Waals surface area contributed by atoms with E-state index >= 15 is 0 Å². The third-order valence-corrected chi connectivity index (χ3v) is 1.54. The van der Waals surface area contributed by atoms with E-state index in [0.29, 0.717) is 5.92 Å². The predicted molar refractivity (Wildman–Crippen MR) is 47.0 cm³/mol. The summed E-state index contributed by atoms with van der Waals surface area (Å²) >= 11 is 4.66. The lowest BCUT2D eigenvalue weighted by Crippen LogP contribution is -2.17. The fourth-order valence-electron chi connectivity index (χ4n) is 0.747. The number of hydrogen-bond acceptors (Lipinski definition) is 4. The first kappa shape index (κ1) is 12.2. The molecule has 0 aromatic carbocycles. The zero-order valence-corrected chi connectivity index (χ0v) is 8.47. The van der Waals surface area contributed by atoms with Crippen LogP contribution < -0.4 is 0 Å². The number of halogens is 1. The number of carbonyl (C=O) groups excluding carboxylic acids is 2. The SMILES string of the molecule is CC(C)CCCOC(=O)C(=O)OCl. The van der Waals surface area contributed by atoms with Crippen molar-refractivity contribution in [3.8, 4) is 0 Å². The van der Waals surface area contributed by atoms with E-state index in [1.54, 1.807) is 0 Å². The predicted octanol–water partition coefficient (Wildman–Crippen LogP) is 1.66. The van der Waals surface area contributed by atoms with Gasteiger partial charge in [-0.25, -0.2) is 9.59 Å². The molecule has 76 valence electrons. The van der Waals surface area contributed by atoms with Gasteiger partial charge in [-0.3, -0.25) is 0 Å². The summed E-state index contributed by atoms with van der Waals surface area (Å²) in [7, 11) is 0. The molecule has 0 N–H and O–H groups in total. The number of ether oxygens (including phenoxy) is 1. The van der Waals surface area contributed by atoms with Gasteiger partial charge in [0.2, 0.25) is 0 Å². The van der Waals surface area contributed by atoms with Crippen molar-refractivity contribution in [3.63, 3.8) is 0 Å². The number of carbonyl (C=O) groups is 2. The molecule has 0 fully saturated rings. The Balaban J connectivity index is 3.43. The average Bonchev–Trinajstić information content (AvgIpc) is 2.10. The molecule has 0 heterocycles. The molecule has 0 aliphatic rings. The maximum absolute atomic E-state index is 10.6. The van der Waals surface area contributed by atoms with Gasteiger partial charge in [0.1, 0.15) is 11.9 Å². The molecule has 0 aromatic heterocycles. The smallest absolute Gasteiger partial charge is 0.435 e. The maximum Gasteiger partial charge on any atom is 0.435 e. The first-order chi connectivity index (χ1) is 6.07. The van der Waals surface area contributed by atoms with E-state index in [1.165, 1.54) is 0 Å². The standard InChI is InChI=1S/C8H13ClO4/c1-6(2)4-3-5-12-7(10)8(11)13-9/h6H,3-5H2,1-2H3. The summed E-state index contributed by atoms with van der Waals surface area (Å²) in [6.07, 6.45) is 1.68. The van der Waals surface area contributed by atoms with Crippen molar-refractivity contribution in [2.24, 2.45) is 5.92 Å². The Morgan fingerprint density at radius 2 is 1.92 bits per heavy atom. The molecule has 0 radical (unpaired) electrons. The van der Waals surface area contributed by atoms with Gasteiger partial charge in [-0.15, -0.1) is 0 Å². The first-order valence-corrected chi connectivity index (χ1v) is 4.38. The average molecular weight is 209 g/mol. The Kier molecular flexibility index (Phi) is 6.32. The van der Waals surface area contributed by atoms with Crippen LogP contribution in [0.15, 0.2) is 0 Å².